The summed E-state index contributed by atoms with van der Waals surface area (Å²) in [5.74, 6) is 1.69. The van der Waals surface area contributed by atoms with Gasteiger partial charge in [-0.15, -0.1) is 11.8 Å². The number of piperidine rings is 1. The molecule has 2 heterocycles. The molecule has 5 nitrogen and oxygen atoms in total. The molecule has 24 heavy (non-hydrogen) atoms. The molecule has 128 valence electrons. The average Bonchev–Trinajstić information content (AvgIpc) is 3.04. The van der Waals surface area contributed by atoms with Crippen LogP contribution in [0.5, 0.6) is 0 Å². The summed E-state index contributed by atoms with van der Waals surface area (Å²) in [4.78, 5) is 16.0. The fourth-order valence-electron chi connectivity index (χ4n) is 2.56. The summed E-state index contributed by atoms with van der Waals surface area (Å²) in [6.45, 7) is 2.51. The number of nitrogens with one attached hydrogen (secondary N) is 1. The lowest BCUT2D eigenvalue weighted by Crippen LogP contribution is -2.38. The third-order valence-corrected chi connectivity index (χ3v) is 5.36. The molecule has 1 N–H and O–H groups in total. The van der Waals surface area contributed by atoms with Crippen LogP contribution >= 0.6 is 11.8 Å². The van der Waals surface area contributed by atoms with E-state index in [0.29, 0.717) is 29.3 Å². The predicted molar refractivity (Wildman–Crippen MR) is 91.2 cm³/mol. The molecule has 0 bridgehead atoms. The van der Waals surface area contributed by atoms with Gasteiger partial charge >= 0.3 is 0 Å². The van der Waals surface area contributed by atoms with Crippen LogP contribution in [0.15, 0.2) is 22.7 Å². The van der Waals surface area contributed by atoms with E-state index in [0.717, 1.165) is 31.6 Å². The summed E-state index contributed by atoms with van der Waals surface area (Å²) in [6, 6.07) is 4.90. The molecule has 0 radical (unpaired) electrons. The minimum atomic E-state index is -0.277. The fraction of sp³-hybridized carbons (Fsp3) is 0.471. The van der Waals surface area contributed by atoms with Crippen LogP contribution in [0.2, 0.25) is 0 Å². The van der Waals surface area contributed by atoms with E-state index in [2.05, 4.69) is 15.5 Å². The Labute approximate surface area is 144 Å². The molecule has 1 unspecified atom stereocenters. The van der Waals surface area contributed by atoms with Crippen molar-refractivity contribution in [2.75, 3.05) is 12.3 Å². The summed E-state index contributed by atoms with van der Waals surface area (Å²) >= 11 is 1.68. The molecule has 1 aromatic heterocycles. The van der Waals surface area contributed by atoms with Crippen LogP contribution in [0.3, 0.4) is 0 Å². The Hall–Kier alpha value is -1.89. The second-order valence-electron chi connectivity index (χ2n) is 5.87. The van der Waals surface area contributed by atoms with Crippen molar-refractivity contribution < 1.29 is 13.7 Å². The van der Waals surface area contributed by atoms with Crippen molar-refractivity contribution in [2.24, 2.45) is 0 Å². The van der Waals surface area contributed by atoms with Gasteiger partial charge in [0.25, 0.3) is 0 Å². The number of thioether (sulfide) groups is 1. The maximum atomic E-state index is 13.6. The largest absolute Gasteiger partial charge is 0.355 e. The molecule has 1 atom stereocenters. The van der Waals surface area contributed by atoms with E-state index in [1.807, 2.05) is 0 Å². The lowest BCUT2D eigenvalue weighted by molar-refractivity contribution is -0.121. The highest BCUT2D eigenvalue weighted by Gasteiger charge is 2.21. The number of carbonyl (C=O) groups is 1. The highest BCUT2D eigenvalue weighted by molar-refractivity contribution is 8.00. The number of halogens is 1. The van der Waals surface area contributed by atoms with Crippen LogP contribution in [0, 0.1) is 12.7 Å². The van der Waals surface area contributed by atoms with Gasteiger partial charge in [-0.3, -0.25) is 4.79 Å². The van der Waals surface area contributed by atoms with Crippen LogP contribution in [0.25, 0.3) is 11.4 Å². The molecule has 1 fully saturated rings. The topological polar surface area (TPSA) is 68.0 Å². The standard InChI is InChI=1S/C17H20FN3O2S/c1-11-6-7-12(10-13(11)18)16-20-15(23-21-16)5-3-9-24-14-4-2-8-19-17(14)22/h6-7,10,14H,2-5,8-9H2,1H3,(H,19,22). The molecular weight excluding hydrogens is 329 g/mol. The molecule has 2 aromatic rings. The molecule has 3 rings (SSSR count). The van der Waals surface area contributed by atoms with Crippen LogP contribution < -0.4 is 5.32 Å². The first kappa shape index (κ1) is 17.0. The van der Waals surface area contributed by atoms with Gasteiger partial charge in [-0.1, -0.05) is 17.3 Å². The molecule has 0 spiro atoms. The zero-order valence-electron chi connectivity index (χ0n) is 13.5. The Morgan fingerprint density at radius 1 is 1.46 bits per heavy atom. The number of carbonyl (C=O) groups excluding carboxylic acids is 1. The Morgan fingerprint density at radius 3 is 3.12 bits per heavy atom. The van der Waals surface area contributed by atoms with Gasteiger partial charge in [0.05, 0.1) is 5.25 Å². The second-order valence-corrected chi connectivity index (χ2v) is 7.18. The number of nitrogens with zero attached hydrogens (tertiary/aromatic N) is 2. The minimum absolute atomic E-state index is 0.0625. The number of aryl methyl sites for hydroxylation is 2. The van der Waals surface area contributed by atoms with Gasteiger partial charge in [0.2, 0.25) is 17.6 Å². The van der Waals surface area contributed by atoms with Crippen LogP contribution in [0.4, 0.5) is 4.39 Å². The number of amides is 1. The van der Waals surface area contributed by atoms with Crippen LogP contribution in [-0.4, -0.2) is 33.6 Å². The third-order valence-electron chi connectivity index (χ3n) is 3.99. The first-order valence-electron chi connectivity index (χ1n) is 8.12. The lowest BCUT2D eigenvalue weighted by atomic mass is 10.1. The van der Waals surface area contributed by atoms with Gasteiger partial charge in [-0.25, -0.2) is 4.39 Å². The highest BCUT2D eigenvalue weighted by atomic mass is 32.2. The second kappa shape index (κ2) is 7.79. The Balaban J connectivity index is 1.49. The van der Waals surface area contributed by atoms with Gasteiger partial charge in [-0.2, -0.15) is 4.98 Å². The number of benzene rings is 1. The van der Waals surface area contributed by atoms with E-state index in [1.165, 1.54) is 6.07 Å². The maximum Gasteiger partial charge on any atom is 0.233 e. The molecule has 1 aromatic carbocycles. The Morgan fingerprint density at radius 2 is 2.33 bits per heavy atom. The van der Waals surface area contributed by atoms with Gasteiger partial charge in [-0.05, 0) is 43.6 Å². The quantitative estimate of drug-likeness (QED) is 0.812. The van der Waals surface area contributed by atoms with Crippen LogP contribution in [-0.2, 0) is 11.2 Å². The van der Waals surface area contributed by atoms with E-state index in [9.17, 15) is 9.18 Å². The minimum Gasteiger partial charge on any atom is -0.355 e. The first-order valence-corrected chi connectivity index (χ1v) is 9.17. The first-order chi connectivity index (χ1) is 11.6. The van der Waals surface area contributed by atoms with E-state index < -0.39 is 0 Å². The van der Waals surface area contributed by atoms with Crippen molar-refractivity contribution >= 4 is 17.7 Å². The molecule has 1 amide bonds. The van der Waals surface area contributed by atoms with Gasteiger partial charge in [0.1, 0.15) is 5.82 Å². The summed E-state index contributed by atoms with van der Waals surface area (Å²) in [5.41, 5.74) is 1.20. The third kappa shape index (κ3) is 4.14. The summed E-state index contributed by atoms with van der Waals surface area (Å²) < 4.78 is 18.8. The van der Waals surface area contributed by atoms with E-state index in [1.54, 1.807) is 30.8 Å². The van der Waals surface area contributed by atoms with Gasteiger partial charge in [0, 0.05) is 18.5 Å². The van der Waals surface area contributed by atoms with Gasteiger partial charge < -0.3 is 9.84 Å². The van der Waals surface area contributed by atoms with E-state index in [4.69, 9.17) is 4.52 Å². The Kier molecular flexibility index (Phi) is 5.50. The zero-order valence-corrected chi connectivity index (χ0v) is 14.4. The van der Waals surface area contributed by atoms with E-state index in [-0.39, 0.29) is 17.0 Å². The fourth-order valence-corrected chi connectivity index (χ4v) is 3.72. The SMILES string of the molecule is Cc1ccc(-c2noc(CCCSC3CCCNC3=O)n2)cc1F. The lowest BCUT2D eigenvalue weighted by Gasteiger charge is -2.20. The van der Waals surface area contributed by atoms with Crippen molar-refractivity contribution in [3.8, 4) is 11.4 Å². The zero-order chi connectivity index (χ0) is 16.9. The van der Waals surface area contributed by atoms with Crippen molar-refractivity contribution in [3.05, 3.63) is 35.5 Å². The number of hydrogen-bond acceptors (Lipinski definition) is 5. The average molecular weight is 349 g/mol. The monoisotopic (exact) mass is 349 g/mol. The highest BCUT2D eigenvalue weighted by Crippen LogP contribution is 2.22. The predicted octanol–water partition coefficient (Wildman–Crippen LogP) is 3.13. The molecular formula is C17H20FN3O2S. The Bertz CT molecular complexity index is 720. The summed E-state index contributed by atoms with van der Waals surface area (Å²) in [6.07, 6.45) is 3.50. The molecule has 1 aliphatic rings. The van der Waals surface area contributed by atoms with Crippen molar-refractivity contribution in [1.29, 1.82) is 0 Å². The number of rotatable bonds is 6. The van der Waals surface area contributed by atoms with Crippen LogP contribution in [0.1, 0.15) is 30.7 Å². The van der Waals surface area contributed by atoms with Crippen molar-refractivity contribution in [1.82, 2.24) is 15.5 Å². The normalized spacial score (nSPS) is 17.8. The molecule has 0 aliphatic carbocycles. The van der Waals surface area contributed by atoms with E-state index >= 15 is 0 Å². The molecule has 1 aliphatic heterocycles. The summed E-state index contributed by atoms with van der Waals surface area (Å²) in [5, 5.41) is 6.87. The maximum absolute atomic E-state index is 13.6. The smallest absolute Gasteiger partial charge is 0.233 e. The van der Waals surface area contributed by atoms with Crippen molar-refractivity contribution in [3.63, 3.8) is 0 Å². The summed E-state index contributed by atoms with van der Waals surface area (Å²) in [7, 11) is 0. The number of hydrogen-bond donors (Lipinski definition) is 1. The van der Waals surface area contributed by atoms with Crippen molar-refractivity contribution in [2.45, 2.75) is 37.9 Å². The van der Waals surface area contributed by atoms with Gasteiger partial charge in [0.15, 0.2) is 0 Å². The molecule has 7 heteroatoms. The molecule has 0 saturated carbocycles. The number of aromatic nitrogens is 2. The molecule has 1 saturated heterocycles.